The van der Waals surface area contributed by atoms with Crippen molar-refractivity contribution in [1.82, 2.24) is 14.8 Å². The van der Waals surface area contributed by atoms with Crippen molar-refractivity contribution in [2.24, 2.45) is 7.05 Å². The zero-order valence-corrected chi connectivity index (χ0v) is 17.1. The standard InChI is InChI=1S/C21H21N5O2S/c1-25-20(17-11-6-7-12-18(17)28-2)23-24-21(25)29-15-19(27)26(14-8-13-22)16-9-4-3-5-10-16/h3-7,9-12H,8,14-15H2,1-2H3. The highest BCUT2D eigenvalue weighted by Gasteiger charge is 2.19. The second kappa shape index (κ2) is 9.75. The van der Waals surface area contributed by atoms with Gasteiger partial charge in [0.15, 0.2) is 11.0 Å². The van der Waals surface area contributed by atoms with E-state index in [0.29, 0.717) is 23.3 Å². The molecule has 29 heavy (non-hydrogen) atoms. The predicted octanol–water partition coefficient (Wildman–Crippen LogP) is 3.53. The molecule has 3 aromatic rings. The maximum Gasteiger partial charge on any atom is 0.237 e. The number of nitriles is 1. The minimum absolute atomic E-state index is 0.0849. The van der Waals surface area contributed by atoms with Gasteiger partial charge in [0.05, 0.1) is 30.9 Å². The van der Waals surface area contributed by atoms with Gasteiger partial charge in [-0.15, -0.1) is 10.2 Å². The van der Waals surface area contributed by atoms with Gasteiger partial charge in [-0.25, -0.2) is 0 Å². The topological polar surface area (TPSA) is 84.0 Å². The summed E-state index contributed by atoms with van der Waals surface area (Å²) in [6.45, 7) is 0.352. The molecule has 0 aliphatic heterocycles. The zero-order chi connectivity index (χ0) is 20.6. The number of nitrogens with zero attached hydrogens (tertiary/aromatic N) is 5. The van der Waals surface area contributed by atoms with Crippen LogP contribution < -0.4 is 9.64 Å². The lowest BCUT2D eigenvalue weighted by molar-refractivity contribution is -0.116. The van der Waals surface area contributed by atoms with Gasteiger partial charge < -0.3 is 14.2 Å². The summed E-state index contributed by atoms with van der Waals surface area (Å²) >= 11 is 1.31. The average Bonchev–Trinajstić information content (AvgIpc) is 3.13. The van der Waals surface area contributed by atoms with Crippen LogP contribution in [-0.4, -0.2) is 40.1 Å². The number of hydrogen-bond donors (Lipinski definition) is 0. The third-order valence-corrected chi connectivity index (χ3v) is 5.33. The summed E-state index contributed by atoms with van der Waals surface area (Å²) < 4.78 is 7.25. The minimum Gasteiger partial charge on any atom is -0.496 e. The highest BCUT2D eigenvalue weighted by atomic mass is 32.2. The van der Waals surface area contributed by atoms with E-state index < -0.39 is 0 Å². The first kappa shape index (κ1) is 20.4. The number of rotatable bonds is 8. The van der Waals surface area contributed by atoms with Crippen LogP contribution in [0, 0.1) is 11.3 Å². The molecule has 0 aliphatic rings. The van der Waals surface area contributed by atoms with Gasteiger partial charge in [0.1, 0.15) is 5.75 Å². The van der Waals surface area contributed by atoms with Gasteiger partial charge in [-0.3, -0.25) is 4.79 Å². The Morgan fingerprint density at radius 1 is 1.17 bits per heavy atom. The van der Waals surface area contributed by atoms with Gasteiger partial charge in [0.25, 0.3) is 0 Å². The molecule has 7 nitrogen and oxygen atoms in total. The lowest BCUT2D eigenvalue weighted by Crippen LogP contribution is -2.33. The van der Waals surface area contributed by atoms with Crippen LogP contribution in [0.15, 0.2) is 59.8 Å². The molecule has 1 aromatic heterocycles. The second-order valence-corrected chi connectivity index (χ2v) is 7.09. The van der Waals surface area contributed by atoms with Crippen LogP contribution in [-0.2, 0) is 11.8 Å². The largest absolute Gasteiger partial charge is 0.496 e. The van der Waals surface area contributed by atoms with Crippen LogP contribution >= 0.6 is 11.8 Å². The molecule has 0 N–H and O–H groups in total. The maximum atomic E-state index is 12.8. The van der Waals surface area contributed by atoms with E-state index in [9.17, 15) is 4.79 Å². The Morgan fingerprint density at radius 3 is 2.62 bits per heavy atom. The second-order valence-electron chi connectivity index (χ2n) is 6.14. The summed E-state index contributed by atoms with van der Waals surface area (Å²) in [5.41, 5.74) is 1.61. The molecule has 0 aliphatic carbocycles. The van der Waals surface area contributed by atoms with Gasteiger partial charge in [0.2, 0.25) is 5.91 Å². The Bertz CT molecular complexity index is 1010. The highest BCUT2D eigenvalue weighted by Crippen LogP contribution is 2.30. The Balaban J connectivity index is 1.74. The van der Waals surface area contributed by atoms with Crippen molar-refractivity contribution in [3.8, 4) is 23.2 Å². The van der Waals surface area contributed by atoms with Crippen LogP contribution in [0.2, 0.25) is 0 Å². The summed E-state index contributed by atoms with van der Waals surface area (Å²) in [6, 6.07) is 19.1. The van der Waals surface area contributed by atoms with Gasteiger partial charge in [0, 0.05) is 19.3 Å². The van der Waals surface area contributed by atoms with Crippen LogP contribution in [0.4, 0.5) is 5.69 Å². The number of hydrogen-bond acceptors (Lipinski definition) is 6. The SMILES string of the molecule is COc1ccccc1-c1nnc(SCC(=O)N(CCC#N)c2ccccc2)n1C. The summed E-state index contributed by atoms with van der Waals surface area (Å²) in [5.74, 6) is 1.49. The van der Waals surface area contributed by atoms with Gasteiger partial charge in [-0.2, -0.15) is 5.26 Å². The Labute approximate surface area is 173 Å². The average molecular weight is 407 g/mol. The quantitative estimate of drug-likeness (QED) is 0.531. The smallest absolute Gasteiger partial charge is 0.237 e. The van der Waals surface area contributed by atoms with E-state index in [4.69, 9.17) is 10.00 Å². The molecule has 0 bridgehead atoms. The third-order valence-electron chi connectivity index (χ3n) is 4.32. The number of para-hydroxylation sites is 2. The molecule has 148 valence electrons. The summed E-state index contributed by atoms with van der Waals surface area (Å²) in [7, 11) is 3.47. The van der Waals surface area contributed by atoms with Crippen molar-refractivity contribution in [2.45, 2.75) is 11.6 Å². The van der Waals surface area contributed by atoms with Crippen molar-refractivity contribution in [1.29, 1.82) is 5.26 Å². The molecule has 8 heteroatoms. The van der Waals surface area contributed by atoms with Crippen molar-refractivity contribution in [2.75, 3.05) is 24.3 Å². The predicted molar refractivity (Wildman–Crippen MR) is 113 cm³/mol. The molecular weight excluding hydrogens is 386 g/mol. The van der Waals surface area contributed by atoms with Crippen LogP contribution in [0.3, 0.4) is 0 Å². The molecule has 0 atom stereocenters. The molecule has 1 heterocycles. The van der Waals surface area contributed by atoms with Gasteiger partial charge in [-0.05, 0) is 24.3 Å². The molecule has 0 unspecified atom stereocenters. The number of methoxy groups -OCH3 is 1. The van der Waals surface area contributed by atoms with E-state index >= 15 is 0 Å². The zero-order valence-electron chi connectivity index (χ0n) is 16.3. The fraction of sp³-hybridized carbons (Fsp3) is 0.238. The first-order valence-corrected chi connectivity index (χ1v) is 10.0. The number of aromatic nitrogens is 3. The van der Waals surface area contributed by atoms with Gasteiger partial charge in [-0.1, -0.05) is 42.1 Å². The normalized spacial score (nSPS) is 10.4. The molecule has 0 saturated heterocycles. The number of thioether (sulfide) groups is 1. The van der Waals surface area contributed by atoms with Crippen LogP contribution in [0.5, 0.6) is 5.75 Å². The molecule has 1 amide bonds. The number of ether oxygens (including phenoxy) is 1. The minimum atomic E-state index is -0.0849. The maximum absolute atomic E-state index is 12.8. The van der Waals surface area contributed by atoms with Crippen molar-refractivity contribution in [3.05, 3.63) is 54.6 Å². The lowest BCUT2D eigenvalue weighted by atomic mass is 10.2. The first-order chi connectivity index (χ1) is 14.2. The molecule has 3 rings (SSSR count). The Morgan fingerprint density at radius 2 is 1.90 bits per heavy atom. The van der Waals surface area contributed by atoms with E-state index in [0.717, 1.165) is 11.3 Å². The fourth-order valence-corrected chi connectivity index (χ4v) is 3.66. The summed E-state index contributed by atoms with van der Waals surface area (Å²) in [5, 5.41) is 18.0. The fourth-order valence-electron chi connectivity index (χ4n) is 2.88. The monoisotopic (exact) mass is 407 g/mol. The summed E-state index contributed by atoms with van der Waals surface area (Å²) in [4.78, 5) is 14.5. The van der Waals surface area contributed by atoms with E-state index in [1.165, 1.54) is 11.8 Å². The number of amides is 1. The first-order valence-electron chi connectivity index (χ1n) is 9.03. The van der Waals surface area contributed by atoms with Crippen LogP contribution in [0.1, 0.15) is 6.42 Å². The molecule has 0 radical (unpaired) electrons. The summed E-state index contributed by atoms with van der Waals surface area (Å²) in [6.07, 6.45) is 0.271. The van der Waals surface area contributed by atoms with Crippen LogP contribution in [0.25, 0.3) is 11.4 Å². The molecule has 2 aromatic carbocycles. The van der Waals surface area contributed by atoms with E-state index in [-0.39, 0.29) is 18.1 Å². The number of carbonyl (C=O) groups is 1. The van der Waals surface area contributed by atoms with E-state index in [1.807, 2.05) is 66.2 Å². The molecule has 0 spiro atoms. The number of carbonyl (C=O) groups excluding carboxylic acids is 1. The molecule has 0 saturated carbocycles. The molecule has 0 fully saturated rings. The Kier molecular flexibility index (Phi) is 6.87. The third kappa shape index (κ3) is 4.76. The number of anilines is 1. The van der Waals surface area contributed by atoms with Gasteiger partial charge >= 0.3 is 0 Å². The van der Waals surface area contributed by atoms with Crippen molar-refractivity contribution in [3.63, 3.8) is 0 Å². The molecular formula is C21H21N5O2S. The van der Waals surface area contributed by atoms with E-state index in [2.05, 4.69) is 16.3 Å². The lowest BCUT2D eigenvalue weighted by Gasteiger charge is -2.21. The van der Waals surface area contributed by atoms with E-state index in [1.54, 1.807) is 12.0 Å². The van der Waals surface area contributed by atoms with Crippen molar-refractivity contribution < 1.29 is 9.53 Å². The Hall–Kier alpha value is -3.31. The highest BCUT2D eigenvalue weighted by molar-refractivity contribution is 7.99. The number of benzene rings is 2. The van der Waals surface area contributed by atoms with Crippen molar-refractivity contribution >= 4 is 23.4 Å².